The first kappa shape index (κ1) is 17.1. The summed E-state index contributed by atoms with van der Waals surface area (Å²) in [7, 11) is 0. The zero-order valence-corrected chi connectivity index (χ0v) is 13.8. The SMILES string of the molecule is O=C(CCN1C(=O)c2cccc(F)c2C1=O)NCc1ccc(Cl)cc1. The molecule has 1 N–H and O–H groups in total. The van der Waals surface area contributed by atoms with Crippen molar-refractivity contribution in [2.75, 3.05) is 6.54 Å². The number of halogens is 2. The number of nitrogens with one attached hydrogen (secondary N) is 1. The van der Waals surface area contributed by atoms with Crippen LogP contribution < -0.4 is 5.32 Å². The molecule has 0 aromatic heterocycles. The lowest BCUT2D eigenvalue weighted by atomic mass is 10.1. The highest BCUT2D eigenvalue weighted by Gasteiger charge is 2.37. The van der Waals surface area contributed by atoms with Gasteiger partial charge in [0.25, 0.3) is 11.8 Å². The van der Waals surface area contributed by atoms with Crippen LogP contribution in [0.5, 0.6) is 0 Å². The van der Waals surface area contributed by atoms with Gasteiger partial charge in [0.05, 0.1) is 11.1 Å². The van der Waals surface area contributed by atoms with E-state index in [9.17, 15) is 18.8 Å². The zero-order chi connectivity index (χ0) is 18.0. The van der Waals surface area contributed by atoms with Crippen molar-refractivity contribution in [3.05, 3.63) is 70.0 Å². The van der Waals surface area contributed by atoms with Gasteiger partial charge in [-0.15, -0.1) is 0 Å². The molecule has 3 rings (SSSR count). The predicted molar refractivity (Wildman–Crippen MR) is 89.7 cm³/mol. The van der Waals surface area contributed by atoms with E-state index in [2.05, 4.69) is 5.32 Å². The van der Waals surface area contributed by atoms with E-state index >= 15 is 0 Å². The number of hydrogen-bond acceptors (Lipinski definition) is 3. The fourth-order valence-corrected chi connectivity index (χ4v) is 2.73. The molecule has 0 spiro atoms. The van der Waals surface area contributed by atoms with Crippen LogP contribution in [0.3, 0.4) is 0 Å². The van der Waals surface area contributed by atoms with Crippen LogP contribution in [-0.4, -0.2) is 29.2 Å². The molecule has 0 fully saturated rings. The summed E-state index contributed by atoms with van der Waals surface area (Å²) in [6.45, 7) is 0.213. The highest BCUT2D eigenvalue weighted by Crippen LogP contribution is 2.25. The van der Waals surface area contributed by atoms with Gasteiger partial charge in [0.2, 0.25) is 5.91 Å². The second-order valence-electron chi connectivity index (χ2n) is 5.58. The minimum absolute atomic E-state index is 0.0339. The molecule has 7 heteroatoms. The molecule has 3 amide bonds. The predicted octanol–water partition coefficient (Wildman–Crippen LogP) is 2.78. The maximum Gasteiger partial charge on any atom is 0.264 e. The van der Waals surface area contributed by atoms with Crippen LogP contribution >= 0.6 is 11.6 Å². The molecule has 0 unspecified atom stereocenters. The molecule has 1 aliphatic rings. The van der Waals surface area contributed by atoms with Gasteiger partial charge in [-0.3, -0.25) is 19.3 Å². The van der Waals surface area contributed by atoms with E-state index in [-0.39, 0.29) is 30.0 Å². The molecule has 0 saturated heterocycles. The number of benzene rings is 2. The van der Waals surface area contributed by atoms with E-state index < -0.39 is 17.6 Å². The molecular formula is C18H14ClFN2O3. The minimum Gasteiger partial charge on any atom is -0.352 e. The summed E-state index contributed by atoms with van der Waals surface area (Å²) >= 11 is 5.79. The van der Waals surface area contributed by atoms with E-state index in [0.717, 1.165) is 16.5 Å². The molecule has 2 aromatic rings. The smallest absolute Gasteiger partial charge is 0.264 e. The van der Waals surface area contributed by atoms with Crippen molar-refractivity contribution >= 4 is 29.3 Å². The third-order valence-corrected chi connectivity index (χ3v) is 4.17. The van der Waals surface area contributed by atoms with E-state index in [0.29, 0.717) is 11.6 Å². The number of carbonyl (C=O) groups excluding carboxylic acids is 3. The Morgan fingerprint density at radius 1 is 1.08 bits per heavy atom. The van der Waals surface area contributed by atoms with Crippen LogP contribution in [0.15, 0.2) is 42.5 Å². The summed E-state index contributed by atoms with van der Waals surface area (Å²) in [6.07, 6.45) is -0.0549. The number of fused-ring (bicyclic) bond motifs is 1. The Kier molecular flexibility index (Phi) is 4.81. The lowest BCUT2D eigenvalue weighted by Crippen LogP contribution is -2.34. The van der Waals surface area contributed by atoms with Crippen molar-refractivity contribution in [2.24, 2.45) is 0 Å². The normalized spacial score (nSPS) is 13.1. The molecule has 1 heterocycles. The van der Waals surface area contributed by atoms with Crippen molar-refractivity contribution in [3.8, 4) is 0 Å². The van der Waals surface area contributed by atoms with Gasteiger partial charge in [-0.05, 0) is 29.8 Å². The second-order valence-corrected chi connectivity index (χ2v) is 6.01. The Balaban J connectivity index is 1.56. The number of amides is 3. The summed E-state index contributed by atoms with van der Waals surface area (Å²) < 4.78 is 13.7. The van der Waals surface area contributed by atoms with Crippen LogP contribution in [0.2, 0.25) is 5.02 Å². The van der Waals surface area contributed by atoms with Crippen LogP contribution in [0, 0.1) is 5.82 Å². The fraction of sp³-hybridized carbons (Fsp3) is 0.167. The first-order valence-electron chi connectivity index (χ1n) is 7.63. The molecule has 0 aliphatic carbocycles. The average Bonchev–Trinajstić information content (AvgIpc) is 2.84. The van der Waals surface area contributed by atoms with Crippen LogP contribution in [0.25, 0.3) is 0 Å². The lowest BCUT2D eigenvalue weighted by molar-refractivity contribution is -0.121. The van der Waals surface area contributed by atoms with Gasteiger partial charge in [-0.2, -0.15) is 0 Å². The van der Waals surface area contributed by atoms with Crippen LogP contribution in [0.4, 0.5) is 4.39 Å². The molecular weight excluding hydrogens is 347 g/mol. The number of nitrogens with zero attached hydrogens (tertiary/aromatic N) is 1. The lowest BCUT2D eigenvalue weighted by Gasteiger charge is -2.13. The number of hydrogen-bond donors (Lipinski definition) is 1. The van der Waals surface area contributed by atoms with Crippen molar-refractivity contribution < 1.29 is 18.8 Å². The van der Waals surface area contributed by atoms with E-state index in [1.807, 2.05) is 0 Å². The Morgan fingerprint density at radius 2 is 1.80 bits per heavy atom. The number of rotatable bonds is 5. The standard InChI is InChI=1S/C18H14ClFN2O3/c19-12-6-4-11(5-7-12)10-21-15(23)8-9-22-17(24)13-2-1-3-14(20)16(13)18(22)25/h1-7H,8-10H2,(H,21,23). The van der Waals surface area contributed by atoms with Gasteiger partial charge >= 0.3 is 0 Å². The molecule has 0 saturated carbocycles. The van der Waals surface area contributed by atoms with Crippen molar-refractivity contribution in [1.29, 1.82) is 0 Å². The summed E-state index contributed by atoms with van der Waals surface area (Å²) in [5.74, 6) is -2.33. The Labute approximate surface area is 148 Å². The first-order chi connectivity index (χ1) is 12.0. The van der Waals surface area contributed by atoms with Crippen LogP contribution in [0.1, 0.15) is 32.7 Å². The van der Waals surface area contributed by atoms with Crippen molar-refractivity contribution in [2.45, 2.75) is 13.0 Å². The van der Waals surface area contributed by atoms with Gasteiger partial charge in [0, 0.05) is 24.5 Å². The Bertz CT molecular complexity index is 852. The molecule has 128 valence electrons. The molecule has 0 radical (unpaired) electrons. The quantitative estimate of drug-likeness (QED) is 0.834. The minimum atomic E-state index is -0.731. The van der Waals surface area contributed by atoms with E-state index in [1.54, 1.807) is 24.3 Å². The highest BCUT2D eigenvalue weighted by molar-refractivity contribution is 6.30. The van der Waals surface area contributed by atoms with Crippen molar-refractivity contribution in [1.82, 2.24) is 10.2 Å². The highest BCUT2D eigenvalue weighted by atomic mass is 35.5. The third-order valence-electron chi connectivity index (χ3n) is 3.91. The van der Waals surface area contributed by atoms with Crippen molar-refractivity contribution in [3.63, 3.8) is 0 Å². The Morgan fingerprint density at radius 3 is 2.48 bits per heavy atom. The summed E-state index contributed by atoms with van der Waals surface area (Å²) in [4.78, 5) is 37.2. The Hall–Kier alpha value is -2.73. The van der Waals surface area contributed by atoms with Gasteiger partial charge < -0.3 is 5.32 Å². The molecule has 25 heavy (non-hydrogen) atoms. The molecule has 5 nitrogen and oxygen atoms in total. The monoisotopic (exact) mass is 360 g/mol. The van der Waals surface area contributed by atoms with Gasteiger partial charge in [-0.1, -0.05) is 29.8 Å². The number of imide groups is 1. The largest absolute Gasteiger partial charge is 0.352 e. The zero-order valence-electron chi connectivity index (χ0n) is 13.1. The molecule has 0 bridgehead atoms. The van der Waals surface area contributed by atoms with Crippen LogP contribution in [-0.2, 0) is 11.3 Å². The maximum atomic E-state index is 13.7. The second kappa shape index (κ2) is 7.03. The number of carbonyl (C=O) groups is 3. The molecule has 2 aromatic carbocycles. The summed E-state index contributed by atoms with van der Waals surface area (Å²) in [5.41, 5.74) is 0.682. The average molecular weight is 361 g/mol. The van der Waals surface area contributed by atoms with Gasteiger partial charge in [0.1, 0.15) is 5.82 Å². The van der Waals surface area contributed by atoms with Gasteiger partial charge in [0.15, 0.2) is 0 Å². The van der Waals surface area contributed by atoms with E-state index in [4.69, 9.17) is 11.6 Å². The summed E-state index contributed by atoms with van der Waals surface area (Å²) in [5, 5.41) is 3.30. The van der Waals surface area contributed by atoms with Gasteiger partial charge in [-0.25, -0.2) is 4.39 Å². The third kappa shape index (κ3) is 3.53. The fourth-order valence-electron chi connectivity index (χ4n) is 2.60. The van der Waals surface area contributed by atoms with E-state index in [1.165, 1.54) is 12.1 Å². The molecule has 0 atom stereocenters. The molecule has 1 aliphatic heterocycles. The topological polar surface area (TPSA) is 66.5 Å². The maximum absolute atomic E-state index is 13.7. The summed E-state index contributed by atoms with van der Waals surface area (Å²) in [6, 6.07) is 10.9. The first-order valence-corrected chi connectivity index (χ1v) is 8.01.